The smallest absolute Gasteiger partial charge is 0.191 e. The number of fused-ring (bicyclic) bond motifs is 1. The van der Waals surface area contributed by atoms with Crippen LogP contribution < -0.4 is 15.4 Å². The molecular weight excluding hydrogens is 465 g/mol. The number of nitrogens with zero attached hydrogens (tertiary/aromatic N) is 3. The normalized spacial score (nSPS) is 17.9. The third-order valence-electron chi connectivity index (χ3n) is 5.24. The summed E-state index contributed by atoms with van der Waals surface area (Å²) in [5.74, 6) is 1.76. The summed E-state index contributed by atoms with van der Waals surface area (Å²) in [5.41, 5.74) is 4.59. The Morgan fingerprint density at radius 2 is 2.04 bits per heavy atom. The Labute approximate surface area is 185 Å². The monoisotopic (exact) mass is 497 g/mol. The fourth-order valence-corrected chi connectivity index (χ4v) is 3.78. The molecule has 1 atom stereocenters. The van der Waals surface area contributed by atoms with Crippen molar-refractivity contribution in [2.24, 2.45) is 12.0 Å². The minimum Gasteiger partial charge on any atom is -0.487 e. The van der Waals surface area contributed by atoms with E-state index in [2.05, 4.69) is 60.6 Å². The lowest BCUT2D eigenvalue weighted by molar-refractivity contribution is 0.0694. The summed E-state index contributed by atoms with van der Waals surface area (Å²) < 4.78 is 8.07. The Morgan fingerprint density at radius 3 is 2.68 bits per heavy atom. The first-order valence-corrected chi connectivity index (χ1v) is 9.55. The molecule has 0 spiro atoms. The van der Waals surface area contributed by atoms with Gasteiger partial charge in [-0.05, 0) is 45.7 Å². The second kappa shape index (κ2) is 9.15. The summed E-state index contributed by atoms with van der Waals surface area (Å²) in [6, 6.07) is 8.40. The average molecular weight is 497 g/mol. The van der Waals surface area contributed by atoms with Crippen LogP contribution in [-0.2, 0) is 13.5 Å². The van der Waals surface area contributed by atoms with Gasteiger partial charge in [-0.3, -0.25) is 9.67 Å². The van der Waals surface area contributed by atoms with Gasteiger partial charge in [-0.25, -0.2) is 0 Å². The third-order valence-corrected chi connectivity index (χ3v) is 5.24. The largest absolute Gasteiger partial charge is 0.487 e. The number of aliphatic imine (C=N–C) groups is 1. The molecule has 0 saturated carbocycles. The molecule has 0 radical (unpaired) electrons. The summed E-state index contributed by atoms with van der Waals surface area (Å²) in [5, 5.41) is 11.5. The molecule has 1 unspecified atom stereocenters. The Bertz CT molecular complexity index is 843. The number of aromatic nitrogens is 2. The van der Waals surface area contributed by atoms with Crippen molar-refractivity contribution in [3.05, 3.63) is 46.8 Å². The lowest BCUT2D eigenvalue weighted by atomic mass is 9.90. The van der Waals surface area contributed by atoms with Gasteiger partial charge in [0, 0.05) is 38.3 Å². The van der Waals surface area contributed by atoms with E-state index in [1.165, 1.54) is 16.8 Å². The van der Waals surface area contributed by atoms with E-state index in [9.17, 15) is 0 Å². The van der Waals surface area contributed by atoms with Crippen LogP contribution in [0.25, 0.3) is 0 Å². The molecule has 2 N–H and O–H groups in total. The molecule has 1 aliphatic heterocycles. The maximum Gasteiger partial charge on any atom is 0.191 e. The van der Waals surface area contributed by atoms with Gasteiger partial charge in [-0.1, -0.05) is 18.2 Å². The molecule has 6 nitrogen and oxygen atoms in total. The first-order valence-electron chi connectivity index (χ1n) is 9.55. The summed E-state index contributed by atoms with van der Waals surface area (Å²) in [6.45, 7) is 9.24. The van der Waals surface area contributed by atoms with Gasteiger partial charge in [0.2, 0.25) is 0 Å². The highest BCUT2D eigenvalue weighted by molar-refractivity contribution is 14.0. The number of ether oxygens (including phenoxy) is 1. The molecule has 2 heterocycles. The molecule has 154 valence electrons. The lowest BCUT2D eigenvalue weighted by Crippen LogP contribution is -2.45. The molecule has 28 heavy (non-hydrogen) atoms. The second-order valence-electron chi connectivity index (χ2n) is 7.82. The third kappa shape index (κ3) is 4.98. The zero-order valence-electron chi connectivity index (χ0n) is 17.7. The van der Waals surface area contributed by atoms with Crippen molar-refractivity contribution in [2.75, 3.05) is 13.6 Å². The highest BCUT2D eigenvalue weighted by Crippen LogP contribution is 2.39. The van der Waals surface area contributed by atoms with Crippen LogP contribution in [0.5, 0.6) is 5.75 Å². The van der Waals surface area contributed by atoms with E-state index in [4.69, 9.17) is 4.74 Å². The maximum absolute atomic E-state index is 6.12. The van der Waals surface area contributed by atoms with E-state index in [1.807, 2.05) is 30.9 Å². The maximum atomic E-state index is 6.12. The van der Waals surface area contributed by atoms with Gasteiger partial charge in [-0.15, -0.1) is 24.0 Å². The van der Waals surface area contributed by atoms with Crippen molar-refractivity contribution < 1.29 is 4.74 Å². The summed E-state index contributed by atoms with van der Waals surface area (Å²) in [7, 11) is 3.80. The van der Waals surface area contributed by atoms with Gasteiger partial charge in [0.05, 0.1) is 11.7 Å². The van der Waals surface area contributed by atoms with Crippen LogP contribution in [0.1, 0.15) is 48.8 Å². The van der Waals surface area contributed by atoms with E-state index < -0.39 is 0 Å². The number of aryl methyl sites for hydroxylation is 2. The fourth-order valence-electron chi connectivity index (χ4n) is 3.78. The van der Waals surface area contributed by atoms with Gasteiger partial charge in [-0.2, -0.15) is 5.10 Å². The van der Waals surface area contributed by atoms with Gasteiger partial charge < -0.3 is 15.4 Å². The number of guanidine groups is 1. The molecule has 0 saturated heterocycles. The number of halogens is 1. The Balaban J connectivity index is 0.00000280. The van der Waals surface area contributed by atoms with Crippen molar-refractivity contribution in [3.63, 3.8) is 0 Å². The van der Waals surface area contributed by atoms with Gasteiger partial charge in [0.15, 0.2) is 5.96 Å². The van der Waals surface area contributed by atoms with Gasteiger partial charge in [0.25, 0.3) is 0 Å². The zero-order chi connectivity index (χ0) is 19.6. The average Bonchev–Trinajstić information content (AvgIpc) is 2.85. The molecule has 2 aromatic rings. The fraction of sp³-hybridized carbons (Fsp3) is 0.524. The molecule has 3 rings (SSSR count). The van der Waals surface area contributed by atoms with Crippen LogP contribution in [0, 0.1) is 13.8 Å². The molecular formula is C21H32IN5O. The van der Waals surface area contributed by atoms with Crippen molar-refractivity contribution in [3.8, 4) is 5.75 Å². The van der Waals surface area contributed by atoms with Gasteiger partial charge >= 0.3 is 0 Å². The Morgan fingerprint density at radius 1 is 1.32 bits per heavy atom. The number of para-hydroxylation sites is 1. The molecule has 7 heteroatoms. The number of rotatable bonds is 4. The first-order chi connectivity index (χ1) is 12.8. The quantitative estimate of drug-likeness (QED) is 0.385. The van der Waals surface area contributed by atoms with Gasteiger partial charge in [0.1, 0.15) is 11.4 Å². The molecule has 1 aromatic carbocycles. The highest BCUT2D eigenvalue weighted by atomic mass is 127. The molecule has 1 aromatic heterocycles. The van der Waals surface area contributed by atoms with Crippen LogP contribution in [-0.4, -0.2) is 34.9 Å². The predicted octanol–water partition coefficient (Wildman–Crippen LogP) is 3.66. The Kier molecular flexibility index (Phi) is 7.36. The van der Waals surface area contributed by atoms with E-state index in [0.717, 1.165) is 36.8 Å². The van der Waals surface area contributed by atoms with Crippen molar-refractivity contribution in [2.45, 2.75) is 52.2 Å². The number of hydrogen-bond acceptors (Lipinski definition) is 3. The number of benzene rings is 1. The topological polar surface area (TPSA) is 63.5 Å². The minimum atomic E-state index is -0.213. The van der Waals surface area contributed by atoms with E-state index in [-0.39, 0.29) is 35.6 Å². The van der Waals surface area contributed by atoms with E-state index in [1.54, 1.807) is 0 Å². The van der Waals surface area contributed by atoms with Crippen LogP contribution in [0.2, 0.25) is 0 Å². The second-order valence-corrected chi connectivity index (χ2v) is 7.82. The Hall–Kier alpha value is -1.77. The SMILES string of the molecule is CN=C(NCCc1c(C)nn(C)c1C)NC1CC(C)(C)Oc2ccccc21.I. The van der Waals surface area contributed by atoms with Crippen LogP contribution in [0.3, 0.4) is 0 Å². The standard InChI is InChI=1S/C21H31N5O.HI/c1-14-16(15(2)26(6)25-14)11-12-23-20(22-5)24-18-13-21(3,4)27-19-10-8-7-9-17(18)19;/h7-10,18H,11-13H2,1-6H3,(H2,22,23,24);1H. The number of nitrogens with one attached hydrogen (secondary N) is 2. The van der Waals surface area contributed by atoms with Crippen LogP contribution in [0.15, 0.2) is 29.3 Å². The van der Waals surface area contributed by atoms with Crippen LogP contribution >= 0.6 is 24.0 Å². The minimum absolute atomic E-state index is 0. The molecule has 0 bridgehead atoms. The van der Waals surface area contributed by atoms with Crippen molar-refractivity contribution in [1.29, 1.82) is 0 Å². The number of hydrogen-bond donors (Lipinski definition) is 2. The highest BCUT2D eigenvalue weighted by Gasteiger charge is 2.33. The molecule has 0 fully saturated rings. The first kappa shape index (κ1) is 22.5. The summed E-state index contributed by atoms with van der Waals surface area (Å²) in [6.07, 6.45) is 1.80. The summed E-state index contributed by atoms with van der Waals surface area (Å²) >= 11 is 0. The molecule has 0 amide bonds. The summed E-state index contributed by atoms with van der Waals surface area (Å²) in [4.78, 5) is 4.42. The van der Waals surface area contributed by atoms with Crippen LogP contribution in [0.4, 0.5) is 0 Å². The molecule has 1 aliphatic rings. The predicted molar refractivity (Wildman–Crippen MR) is 125 cm³/mol. The van der Waals surface area contributed by atoms with Crippen molar-refractivity contribution >= 4 is 29.9 Å². The van der Waals surface area contributed by atoms with E-state index >= 15 is 0 Å². The van der Waals surface area contributed by atoms with Crippen molar-refractivity contribution in [1.82, 2.24) is 20.4 Å². The van der Waals surface area contributed by atoms with E-state index in [0.29, 0.717) is 0 Å². The lowest BCUT2D eigenvalue weighted by Gasteiger charge is -2.38. The zero-order valence-corrected chi connectivity index (χ0v) is 20.0. The molecule has 0 aliphatic carbocycles.